The number of carbonyl (C=O) groups excluding carboxylic acids is 2. The third-order valence-electron chi connectivity index (χ3n) is 5.96. The summed E-state index contributed by atoms with van der Waals surface area (Å²) in [5, 5.41) is 2.93. The van der Waals surface area contributed by atoms with Gasteiger partial charge in [0.25, 0.3) is 0 Å². The van der Waals surface area contributed by atoms with Crippen molar-refractivity contribution in [3.05, 3.63) is 64.7 Å². The number of rotatable bonds is 12. The summed E-state index contributed by atoms with van der Waals surface area (Å²) < 4.78 is 26.7. The lowest BCUT2D eigenvalue weighted by Gasteiger charge is -2.33. The Hall–Kier alpha value is -2.87. The van der Waals surface area contributed by atoms with Gasteiger partial charge >= 0.3 is 0 Å². The largest absolute Gasteiger partial charge is 0.354 e. The summed E-state index contributed by atoms with van der Waals surface area (Å²) in [6.07, 6.45) is 3.31. The van der Waals surface area contributed by atoms with E-state index in [0.29, 0.717) is 18.7 Å². The van der Waals surface area contributed by atoms with Crippen LogP contribution in [0.5, 0.6) is 0 Å². The van der Waals surface area contributed by atoms with Crippen LogP contribution in [0, 0.1) is 20.8 Å². The Bertz CT molecular complexity index is 1130. The Morgan fingerprint density at radius 3 is 2.29 bits per heavy atom. The van der Waals surface area contributed by atoms with Crippen LogP contribution < -0.4 is 9.62 Å². The fourth-order valence-corrected chi connectivity index (χ4v) is 4.91. The van der Waals surface area contributed by atoms with Gasteiger partial charge in [-0.15, -0.1) is 0 Å². The minimum absolute atomic E-state index is 0.213. The maximum absolute atomic E-state index is 13.7. The van der Waals surface area contributed by atoms with Crippen molar-refractivity contribution in [1.82, 2.24) is 10.2 Å². The Morgan fingerprint density at radius 2 is 1.69 bits per heavy atom. The third kappa shape index (κ3) is 8.09. The van der Waals surface area contributed by atoms with Crippen molar-refractivity contribution >= 4 is 27.5 Å². The van der Waals surface area contributed by atoms with E-state index in [2.05, 4.69) is 5.32 Å². The molecule has 1 atom stereocenters. The van der Waals surface area contributed by atoms with Crippen molar-refractivity contribution in [3.8, 4) is 0 Å². The average Bonchev–Trinajstić information content (AvgIpc) is 2.78. The van der Waals surface area contributed by atoms with Gasteiger partial charge in [0.05, 0.1) is 11.9 Å². The van der Waals surface area contributed by atoms with Gasteiger partial charge < -0.3 is 10.2 Å². The Kier molecular flexibility index (Phi) is 10.3. The van der Waals surface area contributed by atoms with E-state index in [0.717, 1.165) is 45.7 Å². The van der Waals surface area contributed by atoms with E-state index in [1.165, 1.54) is 4.90 Å². The number of nitrogens with one attached hydrogen (secondary N) is 1. The van der Waals surface area contributed by atoms with Gasteiger partial charge in [-0.05, 0) is 56.4 Å². The molecule has 2 aromatic carbocycles. The first-order chi connectivity index (χ1) is 16.5. The number of unbranched alkanes of at least 4 members (excludes halogenated alkanes) is 1. The van der Waals surface area contributed by atoms with Crippen LogP contribution in [0.2, 0.25) is 0 Å². The van der Waals surface area contributed by atoms with E-state index in [-0.39, 0.29) is 19.0 Å². The first-order valence-corrected chi connectivity index (χ1v) is 14.0. The normalized spacial score (nSPS) is 12.2. The summed E-state index contributed by atoms with van der Waals surface area (Å²) in [5.74, 6) is -0.644. The molecule has 1 N–H and O–H groups in total. The summed E-state index contributed by atoms with van der Waals surface area (Å²) in [6, 6.07) is 12.6. The number of nitrogens with zero attached hydrogens (tertiary/aromatic N) is 2. The van der Waals surface area contributed by atoms with Crippen LogP contribution in [0.3, 0.4) is 0 Å². The van der Waals surface area contributed by atoms with Gasteiger partial charge in [0.2, 0.25) is 21.8 Å². The van der Waals surface area contributed by atoms with Gasteiger partial charge in [-0.2, -0.15) is 0 Å². The summed E-state index contributed by atoms with van der Waals surface area (Å²) >= 11 is 0. The highest BCUT2D eigenvalue weighted by molar-refractivity contribution is 7.92. The van der Waals surface area contributed by atoms with Crippen LogP contribution in [0.4, 0.5) is 5.69 Å². The molecule has 0 aromatic heterocycles. The first-order valence-electron chi connectivity index (χ1n) is 12.2. The highest BCUT2D eigenvalue weighted by atomic mass is 32.2. The monoisotopic (exact) mass is 501 g/mol. The second kappa shape index (κ2) is 12.7. The molecule has 2 amide bonds. The van der Waals surface area contributed by atoms with Gasteiger partial charge in [-0.3, -0.25) is 13.9 Å². The fourth-order valence-electron chi connectivity index (χ4n) is 4.02. The number of carbonyl (C=O) groups is 2. The summed E-state index contributed by atoms with van der Waals surface area (Å²) in [4.78, 5) is 28.3. The second-order valence-corrected chi connectivity index (χ2v) is 11.0. The van der Waals surface area contributed by atoms with Crippen molar-refractivity contribution in [3.63, 3.8) is 0 Å². The van der Waals surface area contributed by atoms with E-state index in [9.17, 15) is 18.0 Å². The van der Waals surface area contributed by atoms with Crippen molar-refractivity contribution in [2.45, 2.75) is 66.5 Å². The maximum atomic E-state index is 13.7. The lowest BCUT2D eigenvalue weighted by molar-refractivity contribution is -0.140. The van der Waals surface area contributed by atoms with Gasteiger partial charge in [0, 0.05) is 13.1 Å². The molecule has 0 aliphatic heterocycles. The molecule has 0 heterocycles. The Labute approximate surface area is 210 Å². The molecule has 0 radical (unpaired) electrons. The van der Waals surface area contributed by atoms with Gasteiger partial charge in [-0.1, -0.05) is 62.2 Å². The van der Waals surface area contributed by atoms with Crippen LogP contribution in [0.1, 0.15) is 55.4 Å². The maximum Gasteiger partial charge on any atom is 0.244 e. The molecule has 0 aliphatic rings. The first kappa shape index (κ1) is 28.4. The smallest absolute Gasteiger partial charge is 0.244 e. The van der Waals surface area contributed by atoms with Gasteiger partial charge in [-0.25, -0.2) is 8.42 Å². The number of anilines is 1. The number of sulfonamides is 1. The van der Waals surface area contributed by atoms with Crippen molar-refractivity contribution in [2.75, 3.05) is 23.7 Å². The fraction of sp³-hybridized carbons (Fsp3) is 0.481. The predicted molar refractivity (Wildman–Crippen MR) is 142 cm³/mol. The quantitative estimate of drug-likeness (QED) is 0.444. The lowest BCUT2D eigenvalue weighted by Crippen LogP contribution is -2.52. The molecule has 0 fully saturated rings. The van der Waals surface area contributed by atoms with Gasteiger partial charge in [0.1, 0.15) is 12.6 Å². The molecule has 1 unspecified atom stereocenters. The molecule has 0 spiro atoms. The van der Waals surface area contributed by atoms with Crippen LogP contribution >= 0.6 is 0 Å². The molecule has 0 aliphatic carbocycles. The molecule has 35 heavy (non-hydrogen) atoms. The predicted octanol–water partition coefficient (Wildman–Crippen LogP) is 4.10. The van der Waals surface area contributed by atoms with E-state index >= 15 is 0 Å². The Morgan fingerprint density at radius 1 is 1.00 bits per heavy atom. The molecular weight excluding hydrogens is 462 g/mol. The molecule has 0 bridgehead atoms. The highest BCUT2D eigenvalue weighted by Gasteiger charge is 2.32. The molecule has 0 saturated heterocycles. The summed E-state index contributed by atoms with van der Waals surface area (Å²) in [6.45, 7) is 9.94. The zero-order chi connectivity index (χ0) is 26.2. The van der Waals surface area contributed by atoms with E-state index in [4.69, 9.17) is 0 Å². The zero-order valence-corrected chi connectivity index (χ0v) is 22.6. The molecule has 7 nitrogen and oxygen atoms in total. The lowest BCUT2D eigenvalue weighted by atomic mass is 10.1. The Balaban J connectivity index is 2.45. The second-order valence-electron chi connectivity index (χ2n) is 9.14. The molecule has 192 valence electrons. The zero-order valence-electron chi connectivity index (χ0n) is 21.8. The summed E-state index contributed by atoms with van der Waals surface area (Å²) in [7, 11) is -3.75. The minimum Gasteiger partial charge on any atom is -0.354 e. The molecule has 2 aromatic rings. The van der Waals surface area contributed by atoms with Gasteiger partial charge in [0.15, 0.2) is 0 Å². The average molecular weight is 502 g/mol. The number of hydrogen-bond donors (Lipinski definition) is 1. The number of amides is 2. The molecule has 0 saturated carbocycles. The number of hydrogen-bond acceptors (Lipinski definition) is 4. The van der Waals surface area contributed by atoms with E-state index < -0.39 is 22.0 Å². The third-order valence-corrected chi connectivity index (χ3v) is 7.09. The molecular formula is C27H39N3O4S. The van der Waals surface area contributed by atoms with Crippen LogP contribution in [-0.4, -0.2) is 50.5 Å². The molecule has 2 rings (SSSR count). The van der Waals surface area contributed by atoms with Crippen LogP contribution in [0.25, 0.3) is 0 Å². The van der Waals surface area contributed by atoms with Crippen molar-refractivity contribution < 1.29 is 18.0 Å². The topological polar surface area (TPSA) is 86.8 Å². The van der Waals surface area contributed by atoms with Crippen LogP contribution in [-0.2, 0) is 26.2 Å². The SMILES string of the molecule is CCCCNC(=O)C(CC)N(Cc1cccc(C)c1)C(=O)CN(c1cc(C)ccc1C)S(C)(=O)=O. The summed E-state index contributed by atoms with van der Waals surface area (Å²) in [5.41, 5.74) is 4.05. The van der Waals surface area contributed by atoms with E-state index in [1.54, 1.807) is 6.07 Å². The number of benzene rings is 2. The standard InChI is InChI=1S/C27H39N3O4S/c1-7-9-15-28-27(32)24(8-2)29(18-23-12-10-11-20(3)16-23)26(31)19-30(35(6,33)34)25-17-21(4)13-14-22(25)5/h10-14,16-17,24H,7-9,15,18-19H2,1-6H3,(H,28,32). The molecule has 8 heteroatoms. The van der Waals surface area contributed by atoms with E-state index in [1.807, 2.05) is 71.0 Å². The van der Waals surface area contributed by atoms with Crippen molar-refractivity contribution in [1.29, 1.82) is 0 Å². The van der Waals surface area contributed by atoms with Crippen molar-refractivity contribution in [2.24, 2.45) is 0 Å². The minimum atomic E-state index is -3.75. The van der Waals surface area contributed by atoms with Crippen LogP contribution in [0.15, 0.2) is 42.5 Å². The highest BCUT2D eigenvalue weighted by Crippen LogP contribution is 2.25. The number of aryl methyl sites for hydroxylation is 3.